The third-order valence-electron chi connectivity index (χ3n) is 5.30. The van der Waals surface area contributed by atoms with Crippen molar-refractivity contribution in [3.63, 3.8) is 0 Å². The van der Waals surface area contributed by atoms with Gasteiger partial charge in [-0.3, -0.25) is 14.3 Å². The van der Waals surface area contributed by atoms with E-state index in [1.807, 2.05) is 50.9 Å². The van der Waals surface area contributed by atoms with Crippen LogP contribution in [0.2, 0.25) is 0 Å². The molecule has 1 aliphatic rings. The molecule has 1 N–H and O–H groups in total. The quantitative estimate of drug-likeness (QED) is 0.812. The first-order valence-corrected chi connectivity index (χ1v) is 10.2. The van der Waals surface area contributed by atoms with E-state index in [0.29, 0.717) is 30.0 Å². The number of piperidine rings is 1. The zero-order valence-electron chi connectivity index (χ0n) is 17.6. The van der Waals surface area contributed by atoms with Gasteiger partial charge in [0.25, 0.3) is 11.8 Å². The number of carbonyl (C=O) groups excluding carboxylic acids is 2. The van der Waals surface area contributed by atoms with E-state index >= 15 is 0 Å². The Balaban J connectivity index is 1.63. The normalized spacial score (nSPS) is 16.7. The molecule has 0 bridgehead atoms. The fraction of sp³-hybridized carbons (Fsp3) is 0.500. The summed E-state index contributed by atoms with van der Waals surface area (Å²) in [6, 6.07) is 7.35. The summed E-state index contributed by atoms with van der Waals surface area (Å²) >= 11 is 0. The second-order valence-corrected chi connectivity index (χ2v) is 7.96. The lowest BCUT2D eigenvalue weighted by molar-refractivity contribution is 0.0632. The molecule has 1 aromatic carbocycles. The highest BCUT2D eigenvalue weighted by atomic mass is 16.5. The monoisotopic (exact) mass is 398 g/mol. The van der Waals surface area contributed by atoms with Crippen LogP contribution < -0.4 is 10.1 Å². The number of benzene rings is 1. The number of nitrogens with one attached hydrogen (secondary N) is 1. The number of para-hydroxylation sites is 1. The van der Waals surface area contributed by atoms with Crippen LogP contribution in [0.25, 0.3) is 0 Å². The number of rotatable bonds is 6. The highest BCUT2D eigenvalue weighted by molar-refractivity contribution is 5.97. The van der Waals surface area contributed by atoms with Crippen LogP contribution in [0, 0.1) is 12.8 Å². The van der Waals surface area contributed by atoms with Gasteiger partial charge < -0.3 is 15.0 Å². The largest absolute Gasteiger partial charge is 0.492 e. The number of amides is 2. The summed E-state index contributed by atoms with van der Waals surface area (Å²) in [7, 11) is 1.84. The van der Waals surface area contributed by atoms with Gasteiger partial charge in [0.05, 0.1) is 23.9 Å². The Bertz CT molecular complexity index is 875. The maximum atomic E-state index is 12.9. The molecule has 0 aliphatic carbocycles. The summed E-state index contributed by atoms with van der Waals surface area (Å²) in [5.74, 6) is 0.697. The minimum atomic E-state index is -0.136. The second-order valence-electron chi connectivity index (χ2n) is 7.96. The zero-order chi connectivity index (χ0) is 21.0. The molecule has 29 heavy (non-hydrogen) atoms. The van der Waals surface area contributed by atoms with E-state index < -0.39 is 0 Å². The van der Waals surface area contributed by atoms with Crippen molar-refractivity contribution in [3.05, 3.63) is 47.3 Å². The highest BCUT2D eigenvalue weighted by Gasteiger charge is 2.27. The summed E-state index contributed by atoms with van der Waals surface area (Å²) in [5.41, 5.74) is 2.07. The van der Waals surface area contributed by atoms with E-state index in [-0.39, 0.29) is 23.8 Å². The average Bonchev–Trinajstić information content (AvgIpc) is 3.04. The lowest BCUT2D eigenvalue weighted by Gasteiger charge is -2.32. The van der Waals surface area contributed by atoms with E-state index in [0.717, 1.165) is 25.1 Å². The van der Waals surface area contributed by atoms with Crippen molar-refractivity contribution in [2.24, 2.45) is 13.0 Å². The number of likely N-dealkylation sites (tertiary alicyclic amines) is 1. The maximum Gasteiger partial charge on any atom is 0.257 e. The smallest absolute Gasteiger partial charge is 0.257 e. The molecule has 3 rings (SSSR count). The van der Waals surface area contributed by atoms with Gasteiger partial charge in [-0.15, -0.1) is 0 Å². The van der Waals surface area contributed by atoms with Gasteiger partial charge in [-0.05, 0) is 45.7 Å². The third-order valence-corrected chi connectivity index (χ3v) is 5.30. The van der Waals surface area contributed by atoms with Crippen LogP contribution in [-0.4, -0.2) is 52.2 Å². The number of hydrogen-bond donors (Lipinski definition) is 1. The Labute approximate surface area is 172 Å². The van der Waals surface area contributed by atoms with Gasteiger partial charge in [0.2, 0.25) is 0 Å². The number of carbonyl (C=O) groups is 2. The predicted octanol–water partition coefficient (Wildman–Crippen LogP) is 2.80. The van der Waals surface area contributed by atoms with Crippen molar-refractivity contribution in [1.29, 1.82) is 0 Å². The molecular formula is C22H30N4O3. The summed E-state index contributed by atoms with van der Waals surface area (Å²) in [6.45, 7) is 7.63. The Morgan fingerprint density at radius 2 is 2.03 bits per heavy atom. The van der Waals surface area contributed by atoms with Gasteiger partial charge >= 0.3 is 0 Å². The molecule has 1 saturated heterocycles. The van der Waals surface area contributed by atoms with Crippen molar-refractivity contribution < 1.29 is 14.3 Å². The van der Waals surface area contributed by atoms with Crippen molar-refractivity contribution in [1.82, 2.24) is 20.0 Å². The minimum Gasteiger partial charge on any atom is -0.492 e. The average molecular weight is 399 g/mol. The Hall–Kier alpha value is -2.83. The minimum absolute atomic E-state index is 0.0250. The molecule has 0 radical (unpaired) electrons. The first-order chi connectivity index (χ1) is 13.9. The van der Waals surface area contributed by atoms with Gasteiger partial charge in [-0.1, -0.05) is 12.1 Å². The topological polar surface area (TPSA) is 76.5 Å². The molecular weight excluding hydrogens is 368 g/mol. The first-order valence-electron chi connectivity index (χ1n) is 10.2. The van der Waals surface area contributed by atoms with E-state index in [2.05, 4.69) is 10.4 Å². The van der Waals surface area contributed by atoms with Crippen LogP contribution in [0.1, 0.15) is 53.1 Å². The summed E-state index contributed by atoms with van der Waals surface area (Å²) in [6.07, 6.45) is 3.58. The number of nitrogens with zero attached hydrogens (tertiary/aromatic N) is 3. The lowest BCUT2D eigenvalue weighted by Crippen LogP contribution is -2.41. The Morgan fingerprint density at radius 1 is 1.28 bits per heavy atom. The first kappa shape index (κ1) is 20.9. The lowest BCUT2D eigenvalue weighted by atomic mass is 9.98. The molecule has 2 aromatic rings. The van der Waals surface area contributed by atoms with Crippen LogP contribution in [0.15, 0.2) is 30.5 Å². The fourth-order valence-corrected chi connectivity index (χ4v) is 3.59. The molecule has 2 amide bonds. The van der Waals surface area contributed by atoms with Gasteiger partial charge in [0.15, 0.2) is 0 Å². The molecule has 0 spiro atoms. The molecule has 1 aromatic heterocycles. The number of aryl methyl sites for hydroxylation is 1. The Kier molecular flexibility index (Phi) is 6.56. The third kappa shape index (κ3) is 4.96. The maximum absolute atomic E-state index is 12.9. The fourth-order valence-electron chi connectivity index (χ4n) is 3.59. The van der Waals surface area contributed by atoms with E-state index in [1.54, 1.807) is 16.9 Å². The molecule has 7 heteroatoms. The van der Waals surface area contributed by atoms with E-state index in [1.165, 1.54) is 0 Å². The summed E-state index contributed by atoms with van der Waals surface area (Å²) in [4.78, 5) is 27.2. The molecule has 7 nitrogen and oxygen atoms in total. The van der Waals surface area contributed by atoms with Gasteiger partial charge in [-0.25, -0.2) is 0 Å². The molecule has 1 unspecified atom stereocenters. The van der Waals surface area contributed by atoms with E-state index in [4.69, 9.17) is 4.74 Å². The predicted molar refractivity (Wildman–Crippen MR) is 111 cm³/mol. The number of hydrogen-bond acceptors (Lipinski definition) is 4. The highest BCUT2D eigenvalue weighted by Crippen LogP contribution is 2.23. The zero-order valence-corrected chi connectivity index (χ0v) is 17.6. The van der Waals surface area contributed by atoms with E-state index in [9.17, 15) is 9.59 Å². The van der Waals surface area contributed by atoms with Gasteiger partial charge in [0.1, 0.15) is 5.75 Å². The van der Waals surface area contributed by atoms with Gasteiger partial charge in [-0.2, -0.15) is 5.10 Å². The van der Waals surface area contributed by atoms with Crippen molar-refractivity contribution in [3.8, 4) is 5.75 Å². The SMILES string of the molecule is Cc1c(C(=O)N2CCCC(COc3ccccc3C(=O)NC(C)C)C2)cnn1C. The van der Waals surface area contributed by atoms with Crippen LogP contribution in [0.3, 0.4) is 0 Å². The molecule has 2 heterocycles. The summed E-state index contributed by atoms with van der Waals surface area (Å²) < 4.78 is 7.74. The molecule has 1 fully saturated rings. The standard InChI is InChI=1S/C22H30N4O3/c1-15(2)24-21(27)18-9-5-6-10-20(18)29-14-17-8-7-11-26(13-17)22(28)19-12-23-25(4)16(19)3/h5-6,9-10,12,15,17H,7-8,11,13-14H2,1-4H3,(H,24,27). The number of ether oxygens (including phenoxy) is 1. The second kappa shape index (κ2) is 9.11. The van der Waals surface area contributed by atoms with Gasteiger partial charge in [0, 0.05) is 37.8 Å². The van der Waals surface area contributed by atoms with Crippen LogP contribution in [0.5, 0.6) is 5.75 Å². The molecule has 1 aliphatic heterocycles. The molecule has 0 saturated carbocycles. The molecule has 156 valence electrons. The molecule has 1 atom stereocenters. The van der Waals surface area contributed by atoms with Crippen LogP contribution in [-0.2, 0) is 7.05 Å². The number of aromatic nitrogens is 2. The van der Waals surface area contributed by atoms with Crippen LogP contribution >= 0.6 is 0 Å². The van der Waals surface area contributed by atoms with Crippen molar-refractivity contribution in [2.75, 3.05) is 19.7 Å². The van der Waals surface area contributed by atoms with Crippen molar-refractivity contribution >= 4 is 11.8 Å². The summed E-state index contributed by atoms with van der Waals surface area (Å²) in [5, 5.41) is 7.09. The van der Waals surface area contributed by atoms with Crippen molar-refractivity contribution in [2.45, 2.75) is 39.7 Å². The van der Waals surface area contributed by atoms with Crippen LogP contribution in [0.4, 0.5) is 0 Å². The Morgan fingerprint density at radius 3 is 2.72 bits per heavy atom.